The van der Waals surface area contributed by atoms with Gasteiger partial charge in [0.15, 0.2) is 0 Å². The van der Waals surface area contributed by atoms with Crippen LogP contribution in [0.2, 0.25) is 5.02 Å². The predicted octanol–water partition coefficient (Wildman–Crippen LogP) is 5.28. The number of rotatable bonds is 2. The van der Waals surface area contributed by atoms with Gasteiger partial charge in [-0.1, -0.05) is 37.4 Å². The first-order valence-corrected chi connectivity index (χ1v) is 18.1. The van der Waals surface area contributed by atoms with Crippen molar-refractivity contribution in [2.45, 2.75) is 87.4 Å². The Balaban J connectivity index is 1.43. The summed E-state index contributed by atoms with van der Waals surface area (Å²) in [6.07, 6.45) is 8.03. The number of fused-ring (bicyclic) bond motifs is 4. The predicted molar refractivity (Wildman–Crippen MR) is 174 cm³/mol. The molecule has 43 heavy (non-hydrogen) atoms. The van der Waals surface area contributed by atoms with Gasteiger partial charge in [-0.15, -0.1) is 0 Å². The van der Waals surface area contributed by atoms with Crippen LogP contribution < -0.4 is 14.4 Å². The van der Waals surface area contributed by atoms with Crippen LogP contribution in [-0.2, 0) is 21.5 Å². The van der Waals surface area contributed by atoms with Gasteiger partial charge >= 0.3 is 0 Å². The molecule has 4 aliphatic rings. The van der Waals surface area contributed by atoms with Crippen molar-refractivity contribution in [3.63, 3.8) is 0 Å². The molecule has 7 nitrogen and oxygen atoms in total. The topological polar surface area (TPSA) is 99.1 Å². The van der Waals surface area contributed by atoms with E-state index < -0.39 is 15.3 Å². The third-order valence-electron chi connectivity index (χ3n) is 10.8. The van der Waals surface area contributed by atoms with E-state index in [1.165, 1.54) is 11.1 Å². The van der Waals surface area contributed by atoms with E-state index in [1.807, 2.05) is 25.1 Å². The molecule has 0 aromatic heterocycles. The van der Waals surface area contributed by atoms with Crippen molar-refractivity contribution in [1.82, 2.24) is 4.72 Å². The molecule has 1 spiro atoms. The first kappa shape index (κ1) is 30.8. The lowest BCUT2D eigenvalue weighted by Gasteiger charge is -2.49. The van der Waals surface area contributed by atoms with Gasteiger partial charge in [0.1, 0.15) is 5.75 Å². The van der Waals surface area contributed by atoms with E-state index >= 15 is 0 Å². The smallest absolute Gasteiger partial charge is 0.262 e. The number of aryl methyl sites for hydroxylation is 1. The number of amides is 1. The summed E-state index contributed by atoms with van der Waals surface area (Å²) in [6, 6.07) is 11.7. The van der Waals surface area contributed by atoms with Crippen LogP contribution >= 0.6 is 11.6 Å². The summed E-state index contributed by atoms with van der Waals surface area (Å²) in [6.45, 7) is 3.59. The highest BCUT2D eigenvalue weighted by atomic mass is 35.5. The summed E-state index contributed by atoms with van der Waals surface area (Å²) in [5, 5.41) is 22.6. The zero-order valence-electron chi connectivity index (χ0n) is 25.2. The van der Waals surface area contributed by atoms with Crippen LogP contribution in [0.15, 0.2) is 36.4 Å². The lowest BCUT2D eigenvalue weighted by atomic mass is 9.63. The average Bonchev–Trinajstić information content (AvgIpc) is 3.11. The quantitative estimate of drug-likeness (QED) is 0.392. The summed E-state index contributed by atoms with van der Waals surface area (Å²) in [5.74, 6) is 4.48. The highest BCUT2D eigenvalue weighted by Crippen LogP contribution is 2.48. The molecular formula is C34H45ClN2O5S. The number of nitrogens with zero attached hydrogens (tertiary/aromatic N) is 1. The largest absolute Gasteiger partial charge is 0.490 e. The van der Waals surface area contributed by atoms with Gasteiger partial charge in [-0.25, -0.2) is 4.21 Å². The summed E-state index contributed by atoms with van der Waals surface area (Å²) in [5.41, 5.74) is 2.37. The number of nitrogens with one attached hydrogen (secondary N) is 1. The number of aliphatic hydroxyl groups is 2. The standard InChI is InChI=1S/C34H45ClN2O5S/c1-3-27-8-4-5-16-34(40,21-38)29-12-9-25(29)19-37-20-33(15-6-7-23-17-26(35)11-13-28(23)33)22-42-31-14-10-24(18-30(31)37)32(39)36-43(27,2)41/h10-11,13-14,17-18,25,27,29,38,40H,2-9,12,15-16,19-22H2,1H3,(H,36,39,41)/t25-,27+,29+,33-,34-,43?/m0/s1. The van der Waals surface area contributed by atoms with Crippen LogP contribution in [0.3, 0.4) is 0 Å². The lowest BCUT2D eigenvalue weighted by molar-refractivity contribution is -0.117. The van der Waals surface area contributed by atoms with E-state index in [0.717, 1.165) is 49.2 Å². The SMILES string of the molecule is C=S1(=O)NC(=O)c2ccc3c(c2)N(C[C@@H]2CC[C@H]2[C@@](O)(CO)CCCC[C@H]1CC)C[C@@]1(CCCc2cc(Cl)ccc21)CO3. The van der Waals surface area contributed by atoms with Crippen LogP contribution in [0.5, 0.6) is 5.75 Å². The van der Waals surface area contributed by atoms with Crippen molar-refractivity contribution >= 4 is 38.8 Å². The van der Waals surface area contributed by atoms with Gasteiger partial charge in [-0.3, -0.25) is 9.52 Å². The molecule has 1 amide bonds. The van der Waals surface area contributed by atoms with Crippen LogP contribution in [0.25, 0.3) is 0 Å². The molecule has 2 aromatic carbocycles. The minimum absolute atomic E-state index is 0.0167. The highest BCUT2D eigenvalue weighted by Gasteiger charge is 2.48. The molecule has 1 unspecified atom stereocenters. The Kier molecular flexibility index (Phi) is 8.52. The van der Waals surface area contributed by atoms with Crippen LogP contribution in [0.4, 0.5) is 5.69 Å². The zero-order chi connectivity index (χ0) is 30.4. The number of hydrogen-bond acceptors (Lipinski definition) is 6. The fourth-order valence-electron chi connectivity index (χ4n) is 8.18. The fraction of sp³-hybridized carbons (Fsp3) is 0.588. The molecule has 1 saturated carbocycles. The molecule has 3 N–H and O–H groups in total. The van der Waals surface area contributed by atoms with Gasteiger partial charge in [0.25, 0.3) is 5.91 Å². The molecule has 2 bridgehead atoms. The van der Waals surface area contributed by atoms with Gasteiger partial charge in [0.2, 0.25) is 0 Å². The van der Waals surface area contributed by atoms with E-state index in [9.17, 15) is 19.2 Å². The van der Waals surface area contributed by atoms with Crippen molar-refractivity contribution < 1.29 is 24.0 Å². The second-order valence-corrected chi connectivity index (χ2v) is 16.2. The summed E-state index contributed by atoms with van der Waals surface area (Å²) in [7, 11) is -2.91. The van der Waals surface area contributed by atoms with Gasteiger partial charge in [-0.2, -0.15) is 0 Å². The zero-order valence-corrected chi connectivity index (χ0v) is 26.7. The number of benzene rings is 2. The third kappa shape index (κ3) is 5.81. The van der Waals surface area contributed by atoms with Gasteiger partial charge in [0, 0.05) is 34.3 Å². The maximum absolute atomic E-state index is 13.7. The Hall–Kier alpha value is -2.26. The molecule has 2 aliphatic carbocycles. The summed E-state index contributed by atoms with van der Waals surface area (Å²) >= 11 is 6.41. The Morgan fingerprint density at radius 1 is 1.14 bits per heavy atom. The Morgan fingerprint density at radius 3 is 2.72 bits per heavy atom. The highest BCUT2D eigenvalue weighted by molar-refractivity contribution is 7.99. The minimum atomic E-state index is -2.91. The number of carbonyl (C=O) groups is 1. The number of carbonyl (C=O) groups excluding carboxylic acids is 1. The molecule has 1 fully saturated rings. The van der Waals surface area contributed by atoms with Crippen molar-refractivity contribution in [3.8, 4) is 5.75 Å². The van der Waals surface area contributed by atoms with E-state index in [1.54, 1.807) is 6.07 Å². The number of anilines is 1. The van der Waals surface area contributed by atoms with Crippen molar-refractivity contribution in [3.05, 3.63) is 58.1 Å². The second-order valence-electron chi connectivity index (χ2n) is 13.4. The molecule has 2 aromatic rings. The van der Waals surface area contributed by atoms with Gasteiger partial charge < -0.3 is 19.8 Å². The first-order chi connectivity index (χ1) is 20.6. The molecular weight excluding hydrogens is 584 g/mol. The van der Waals surface area contributed by atoms with E-state index in [-0.39, 0.29) is 35.0 Å². The van der Waals surface area contributed by atoms with Gasteiger partial charge in [-0.05, 0) is 111 Å². The van der Waals surface area contributed by atoms with Crippen molar-refractivity contribution in [2.24, 2.45) is 11.8 Å². The maximum Gasteiger partial charge on any atom is 0.262 e. The molecule has 0 saturated heterocycles. The average molecular weight is 629 g/mol. The monoisotopic (exact) mass is 628 g/mol. The van der Waals surface area contributed by atoms with Gasteiger partial charge in [0.05, 0.1) is 34.2 Å². The lowest BCUT2D eigenvalue weighted by Crippen LogP contribution is -2.54. The summed E-state index contributed by atoms with van der Waals surface area (Å²) in [4.78, 5) is 15.9. The van der Waals surface area contributed by atoms with E-state index in [0.29, 0.717) is 56.7 Å². The normalized spacial score (nSPS) is 34.7. The molecule has 9 heteroatoms. The first-order valence-electron chi connectivity index (χ1n) is 15.9. The van der Waals surface area contributed by atoms with E-state index in [2.05, 4.69) is 27.6 Å². The third-order valence-corrected chi connectivity index (χ3v) is 13.2. The van der Waals surface area contributed by atoms with Crippen molar-refractivity contribution in [1.29, 1.82) is 0 Å². The number of hydrogen-bond donors (Lipinski definition) is 3. The Labute approximate surface area is 261 Å². The molecule has 2 aliphatic heterocycles. The molecule has 0 radical (unpaired) electrons. The number of ether oxygens (including phenoxy) is 1. The molecule has 6 rings (SSSR count). The number of halogens is 1. The Bertz CT molecular complexity index is 1480. The van der Waals surface area contributed by atoms with E-state index in [4.69, 9.17) is 16.3 Å². The molecule has 2 heterocycles. The second kappa shape index (κ2) is 11.9. The maximum atomic E-state index is 13.7. The Morgan fingerprint density at radius 2 is 1.98 bits per heavy atom. The molecule has 234 valence electrons. The van der Waals surface area contributed by atoms with Crippen LogP contribution in [0, 0.1) is 11.8 Å². The van der Waals surface area contributed by atoms with Crippen molar-refractivity contribution in [2.75, 3.05) is 31.2 Å². The molecule has 6 atom stereocenters. The fourth-order valence-corrected chi connectivity index (χ4v) is 10.1. The number of aliphatic hydroxyl groups excluding tert-OH is 1. The van der Waals surface area contributed by atoms with Crippen LogP contribution in [-0.4, -0.2) is 63.4 Å². The minimum Gasteiger partial charge on any atom is -0.490 e. The van der Waals surface area contributed by atoms with Crippen LogP contribution in [0.1, 0.15) is 86.2 Å². The summed E-state index contributed by atoms with van der Waals surface area (Å²) < 4.78 is 23.1.